The lowest BCUT2D eigenvalue weighted by Gasteiger charge is -2.44. The summed E-state index contributed by atoms with van der Waals surface area (Å²) in [4.78, 5) is 35.2. The third-order valence-electron chi connectivity index (χ3n) is 7.54. The standard InChI is InChI=1S/C28H36O8Si/c1-27(2,3)37(19-11-7-5-8-12-19,20-13-9-6-10-14-20)35-18-23-28(4,17-26(33)34)21(15-24(29)30)22(36-23)16-25(31)32/h5-14,21-23H,15-18H2,1-4H3,(H,29,30)(H,31,32)(H,33,34)/t21-,22?,23-,28+/m0/s1. The van der Waals surface area contributed by atoms with Crippen molar-refractivity contribution in [2.75, 3.05) is 6.61 Å². The van der Waals surface area contributed by atoms with Gasteiger partial charge >= 0.3 is 17.9 Å². The van der Waals surface area contributed by atoms with Crippen LogP contribution < -0.4 is 10.4 Å². The summed E-state index contributed by atoms with van der Waals surface area (Å²) in [5, 5.41) is 30.5. The van der Waals surface area contributed by atoms with Crippen LogP contribution in [0.15, 0.2) is 60.7 Å². The minimum Gasteiger partial charge on any atom is -0.481 e. The van der Waals surface area contributed by atoms with Crippen LogP contribution in [0.3, 0.4) is 0 Å². The maximum Gasteiger partial charge on any atom is 0.305 e. The van der Waals surface area contributed by atoms with Crippen LogP contribution in [0.4, 0.5) is 0 Å². The highest BCUT2D eigenvalue weighted by Crippen LogP contribution is 2.50. The number of hydrogen-bond acceptors (Lipinski definition) is 5. The molecular weight excluding hydrogens is 492 g/mol. The molecule has 1 aliphatic rings. The fraction of sp³-hybridized carbons (Fsp3) is 0.464. The van der Waals surface area contributed by atoms with Crippen molar-refractivity contribution in [2.24, 2.45) is 11.3 Å². The van der Waals surface area contributed by atoms with Gasteiger partial charge in [-0.15, -0.1) is 0 Å². The monoisotopic (exact) mass is 528 g/mol. The topological polar surface area (TPSA) is 130 Å². The molecule has 1 fully saturated rings. The molecule has 0 bridgehead atoms. The Labute approximate surface area is 218 Å². The molecule has 0 amide bonds. The van der Waals surface area contributed by atoms with E-state index in [9.17, 15) is 29.7 Å². The van der Waals surface area contributed by atoms with Gasteiger partial charge in [-0.1, -0.05) is 88.4 Å². The van der Waals surface area contributed by atoms with E-state index < -0.39 is 62.6 Å². The molecule has 3 N–H and O–H groups in total. The molecule has 2 aromatic rings. The zero-order valence-electron chi connectivity index (χ0n) is 21.7. The van der Waals surface area contributed by atoms with E-state index in [1.165, 1.54) is 0 Å². The number of ether oxygens (including phenoxy) is 1. The molecule has 3 rings (SSSR count). The zero-order chi connectivity index (χ0) is 27.4. The Morgan fingerprint density at radius 3 is 1.76 bits per heavy atom. The third kappa shape index (κ3) is 5.95. The number of carbonyl (C=O) groups is 3. The summed E-state index contributed by atoms with van der Waals surface area (Å²) in [6, 6.07) is 19.9. The fourth-order valence-electron chi connectivity index (χ4n) is 5.80. The highest BCUT2D eigenvalue weighted by atomic mass is 28.4. The minimum atomic E-state index is -2.99. The summed E-state index contributed by atoms with van der Waals surface area (Å²) in [7, 11) is -2.99. The smallest absolute Gasteiger partial charge is 0.305 e. The van der Waals surface area contributed by atoms with Gasteiger partial charge in [-0.05, 0) is 15.4 Å². The van der Waals surface area contributed by atoms with Crippen molar-refractivity contribution in [1.29, 1.82) is 0 Å². The molecule has 0 spiro atoms. The normalized spacial score (nSPS) is 24.1. The molecular formula is C28H36O8Si. The molecule has 1 aliphatic heterocycles. The summed E-state index contributed by atoms with van der Waals surface area (Å²) in [6.45, 7) is 8.03. The zero-order valence-corrected chi connectivity index (χ0v) is 22.7. The first-order valence-electron chi connectivity index (χ1n) is 12.4. The Morgan fingerprint density at radius 1 is 0.865 bits per heavy atom. The highest BCUT2D eigenvalue weighted by molar-refractivity contribution is 6.99. The molecule has 9 heteroatoms. The van der Waals surface area contributed by atoms with E-state index in [0.29, 0.717) is 0 Å². The van der Waals surface area contributed by atoms with Crippen LogP contribution in [0, 0.1) is 11.3 Å². The Hall–Kier alpha value is -3.01. The molecule has 8 nitrogen and oxygen atoms in total. The summed E-state index contributed by atoms with van der Waals surface area (Å²) in [6.07, 6.45) is -2.92. The summed E-state index contributed by atoms with van der Waals surface area (Å²) >= 11 is 0. The van der Waals surface area contributed by atoms with Gasteiger partial charge in [-0.25, -0.2) is 0 Å². The van der Waals surface area contributed by atoms with Crippen LogP contribution in [0.5, 0.6) is 0 Å². The Kier molecular flexibility index (Phi) is 8.62. The Morgan fingerprint density at radius 2 is 1.35 bits per heavy atom. The molecule has 0 saturated carbocycles. The van der Waals surface area contributed by atoms with Gasteiger partial charge in [0.2, 0.25) is 0 Å². The number of benzene rings is 2. The van der Waals surface area contributed by atoms with Crippen molar-refractivity contribution in [3.63, 3.8) is 0 Å². The van der Waals surface area contributed by atoms with Gasteiger partial charge < -0.3 is 24.5 Å². The second-order valence-corrected chi connectivity index (χ2v) is 15.3. The number of carboxylic acids is 3. The molecule has 200 valence electrons. The number of aliphatic carboxylic acids is 3. The number of carboxylic acid groups (broad SMARTS) is 3. The lowest BCUT2D eigenvalue weighted by molar-refractivity contribution is -0.144. The van der Waals surface area contributed by atoms with E-state index in [-0.39, 0.29) is 18.1 Å². The highest BCUT2D eigenvalue weighted by Gasteiger charge is 2.57. The van der Waals surface area contributed by atoms with Crippen LogP contribution in [-0.2, 0) is 23.5 Å². The first kappa shape index (κ1) is 28.6. The van der Waals surface area contributed by atoms with Crippen molar-refractivity contribution >= 4 is 36.6 Å². The van der Waals surface area contributed by atoms with Crippen molar-refractivity contribution in [3.8, 4) is 0 Å². The van der Waals surface area contributed by atoms with Crippen molar-refractivity contribution < 1.29 is 38.9 Å². The fourth-order valence-corrected chi connectivity index (χ4v) is 10.4. The van der Waals surface area contributed by atoms with Gasteiger partial charge in [-0.2, -0.15) is 0 Å². The SMILES string of the molecule is CC(C)(C)[Si](OC[C@@H]1OC(CC(=O)O)[C@H](CC(=O)O)[C@@]1(C)CC(=O)O)(c1ccccc1)c1ccccc1. The molecule has 1 unspecified atom stereocenters. The Bertz CT molecular complexity index is 1060. The predicted octanol–water partition coefficient (Wildman–Crippen LogP) is 3.38. The van der Waals surface area contributed by atoms with Gasteiger partial charge in [-0.3, -0.25) is 14.4 Å². The van der Waals surface area contributed by atoms with Gasteiger partial charge in [0.1, 0.15) is 0 Å². The van der Waals surface area contributed by atoms with E-state index in [2.05, 4.69) is 20.8 Å². The van der Waals surface area contributed by atoms with Crippen LogP contribution in [0.1, 0.15) is 47.0 Å². The van der Waals surface area contributed by atoms with E-state index in [1.54, 1.807) is 6.92 Å². The van der Waals surface area contributed by atoms with Crippen molar-refractivity contribution in [3.05, 3.63) is 60.7 Å². The maximum atomic E-state index is 11.9. The van der Waals surface area contributed by atoms with Crippen molar-refractivity contribution in [2.45, 2.75) is 64.2 Å². The van der Waals surface area contributed by atoms with Crippen LogP contribution in [0.25, 0.3) is 0 Å². The van der Waals surface area contributed by atoms with Gasteiger partial charge in [0, 0.05) is 11.3 Å². The molecule has 1 saturated heterocycles. The second kappa shape index (κ2) is 11.2. The van der Waals surface area contributed by atoms with Gasteiger partial charge in [0.25, 0.3) is 8.32 Å². The summed E-state index contributed by atoms with van der Waals surface area (Å²) < 4.78 is 13.1. The van der Waals surface area contributed by atoms with E-state index in [0.717, 1.165) is 10.4 Å². The maximum absolute atomic E-state index is 11.9. The molecule has 0 aliphatic carbocycles. The molecule has 37 heavy (non-hydrogen) atoms. The van der Waals surface area contributed by atoms with Crippen LogP contribution in [0.2, 0.25) is 5.04 Å². The first-order valence-corrected chi connectivity index (χ1v) is 14.3. The van der Waals surface area contributed by atoms with E-state index in [4.69, 9.17) is 9.16 Å². The molecule has 4 atom stereocenters. The molecule has 0 aromatic heterocycles. The van der Waals surface area contributed by atoms with Crippen LogP contribution >= 0.6 is 0 Å². The summed E-state index contributed by atoms with van der Waals surface area (Å²) in [5.41, 5.74) is -1.14. The largest absolute Gasteiger partial charge is 0.481 e. The van der Waals surface area contributed by atoms with Gasteiger partial charge in [0.15, 0.2) is 0 Å². The molecule has 1 heterocycles. The molecule has 2 aromatic carbocycles. The second-order valence-electron chi connectivity index (χ2n) is 11.0. The average Bonchev–Trinajstić information content (AvgIpc) is 3.04. The van der Waals surface area contributed by atoms with E-state index in [1.807, 2.05) is 60.7 Å². The number of hydrogen-bond donors (Lipinski definition) is 3. The van der Waals surface area contributed by atoms with Crippen molar-refractivity contribution in [1.82, 2.24) is 0 Å². The quantitative estimate of drug-likeness (QED) is 0.379. The lowest BCUT2D eigenvalue weighted by Crippen LogP contribution is -2.67. The lowest BCUT2D eigenvalue weighted by atomic mass is 9.69. The summed E-state index contributed by atoms with van der Waals surface area (Å²) in [5.74, 6) is -4.17. The molecule has 0 radical (unpaired) electrons. The minimum absolute atomic E-state index is 0.00327. The predicted molar refractivity (Wildman–Crippen MR) is 141 cm³/mol. The third-order valence-corrected chi connectivity index (χ3v) is 12.5. The first-order chi connectivity index (χ1) is 17.3. The van der Waals surface area contributed by atoms with Crippen LogP contribution in [-0.4, -0.2) is 60.4 Å². The Balaban J connectivity index is 2.09. The van der Waals surface area contributed by atoms with E-state index >= 15 is 0 Å². The average molecular weight is 529 g/mol. The number of rotatable bonds is 11. The van der Waals surface area contributed by atoms with Gasteiger partial charge in [0.05, 0.1) is 38.1 Å².